The van der Waals surface area contributed by atoms with Crippen LogP contribution in [0.25, 0.3) is 0 Å². The summed E-state index contributed by atoms with van der Waals surface area (Å²) in [5.41, 5.74) is 0. The molecular weight excluding hydrogens is 331 g/mol. The van der Waals surface area contributed by atoms with Crippen molar-refractivity contribution >= 4 is 35.1 Å². The maximum absolute atomic E-state index is 10.4. The zero-order valence-corrected chi connectivity index (χ0v) is 12.5. The van der Waals surface area contributed by atoms with Crippen molar-refractivity contribution < 1.29 is 55.8 Å². The Morgan fingerprint density at radius 3 is 1.00 bits per heavy atom. The fourth-order valence-corrected chi connectivity index (χ4v) is 1.00. The van der Waals surface area contributed by atoms with Gasteiger partial charge in [-0.05, 0) is 13.8 Å². The maximum atomic E-state index is 10.4. The van der Waals surface area contributed by atoms with Crippen molar-refractivity contribution in [2.24, 2.45) is 0 Å². The van der Waals surface area contributed by atoms with E-state index in [1.807, 2.05) is 0 Å². The Morgan fingerprint density at radius 1 is 0.619 bits per heavy atom. The van der Waals surface area contributed by atoms with Crippen molar-refractivity contribution in [1.82, 2.24) is 0 Å². The first-order chi connectivity index (χ1) is 9.04. The molecule has 0 saturated heterocycles. The van der Waals surface area contributed by atoms with Gasteiger partial charge in [0.2, 0.25) is 0 Å². The molecule has 0 atom stereocenters. The second-order valence-corrected chi connectivity index (χ2v) is 3.93. The van der Waals surface area contributed by atoms with Crippen LogP contribution in [-0.2, 0) is 45.5 Å². The molecule has 119 valence electrons. The number of carbonyl (C=O) groups excluding carboxylic acids is 6. The summed E-state index contributed by atoms with van der Waals surface area (Å²) in [5, 5.41) is 19.5. The average molecular weight is 345 g/mol. The summed E-state index contributed by atoms with van der Waals surface area (Å²) in [7, 11) is 0. The van der Waals surface area contributed by atoms with E-state index in [1.54, 1.807) is 0 Å². The largest absolute Gasteiger partial charge is 2.00 e. The van der Waals surface area contributed by atoms with Crippen LogP contribution in [0.5, 0.6) is 0 Å². The van der Waals surface area contributed by atoms with Gasteiger partial charge in [0.25, 0.3) is 0 Å². The van der Waals surface area contributed by atoms with Crippen LogP contribution in [0.1, 0.15) is 39.5 Å². The molecule has 0 N–H and O–H groups in total. The molecular formula is C12H14CoO8. The van der Waals surface area contributed by atoms with Gasteiger partial charge in [0.05, 0.1) is 12.8 Å². The van der Waals surface area contributed by atoms with Crippen molar-refractivity contribution in [3.05, 3.63) is 0 Å². The van der Waals surface area contributed by atoms with Gasteiger partial charge in [-0.1, -0.05) is 0 Å². The van der Waals surface area contributed by atoms with Crippen LogP contribution in [-0.4, -0.2) is 35.1 Å². The van der Waals surface area contributed by atoms with E-state index in [1.165, 1.54) is 13.8 Å². The first-order valence-corrected chi connectivity index (χ1v) is 5.46. The first-order valence-electron chi connectivity index (χ1n) is 5.46. The van der Waals surface area contributed by atoms with E-state index in [0.29, 0.717) is 0 Å². The van der Waals surface area contributed by atoms with Gasteiger partial charge >= 0.3 is 16.8 Å². The molecule has 8 nitrogen and oxygen atoms in total. The summed E-state index contributed by atoms with van der Waals surface area (Å²) in [4.78, 5) is 60.7. The molecule has 0 aromatic rings. The number of carbonyl (C=O) groups is 6. The molecule has 1 radical (unpaired) electrons. The molecule has 0 aromatic carbocycles. The molecule has 0 rings (SSSR count). The summed E-state index contributed by atoms with van der Waals surface area (Å²) < 4.78 is 0. The van der Waals surface area contributed by atoms with E-state index >= 15 is 0 Å². The number of Topliss-reactive ketones (excluding diaryl/α,β-unsaturated/α-hetero) is 4. The average Bonchev–Trinajstić information content (AvgIpc) is 2.11. The molecule has 0 amide bonds. The quantitative estimate of drug-likeness (QED) is 0.433. The Morgan fingerprint density at radius 2 is 0.857 bits per heavy atom. The Balaban J connectivity index is -0.000000295. The van der Waals surface area contributed by atoms with Crippen LogP contribution in [0.15, 0.2) is 0 Å². The van der Waals surface area contributed by atoms with E-state index in [2.05, 4.69) is 0 Å². The second kappa shape index (κ2) is 13.1. The van der Waals surface area contributed by atoms with E-state index in [9.17, 15) is 39.0 Å². The number of hydrogen-bond acceptors (Lipinski definition) is 8. The van der Waals surface area contributed by atoms with Gasteiger partial charge in [0.15, 0.2) is 0 Å². The van der Waals surface area contributed by atoms with Crippen LogP contribution in [0.3, 0.4) is 0 Å². The van der Waals surface area contributed by atoms with Crippen LogP contribution in [0.4, 0.5) is 0 Å². The Kier molecular flexibility index (Phi) is 15.1. The standard InChI is InChI=1S/2C6H8O4.Co/c2*1-4(7)2-5(8)3-6(9)10;/h2*2-3H2,1H3,(H,9,10);/q;;+2/p-2. The van der Waals surface area contributed by atoms with E-state index in [-0.39, 0.29) is 41.2 Å². The van der Waals surface area contributed by atoms with E-state index < -0.39 is 36.3 Å². The van der Waals surface area contributed by atoms with Gasteiger partial charge in [0, 0.05) is 24.8 Å². The molecule has 0 aliphatic carbocycles. The number of rotatable bonds is 8. The molecule has 0 aromatic heterocycles. The second-order valence-electron chi connectivity index (χ2n) is 3.93. The minimum atomic E-state index is -1.44. The predicted octanol–water partition coefficient (Wildman–Crippen LogP) is -2.65. The number of carboxylic acids is 2. The summed E-state index contributed by atoms with van der Waals surface area (Å²) in [5.74, 6) is -4.74. The molecule has 9 heteroatoms. The molecule has 0 bridgehead atoms. The minimum Gasteiger partial charge on any atom is -0.550 e. The number of aliphatic carboxylic acids is 2. The molecule has 0 spiro atoms. The monoisotopic (exact) mass is 345 g/mol. The SMILES string of the molecule is CC(=O)CC(=O)CC(=O)[O-].CC(=O)CC(=O)CC(=O)[O-].[Co+2]. The summed E-state index contributed by atoms with van der Waals surface area (Å²) in [6.45, 7) is 2.46. The number of ketones is 4. The molecule has 0 unspecified atom stereocenters. The summed E-state index contributed by atoms with van der Waals surface area (Å²) >= 11 is 0. The van der Waals surface area contributed by atoms with Gasteiger partial charge in [0.1, 0.15) is 23.1 Å². The fourth-order valence-electron chi connectivity index (χ4n) is 1.00. The Bertz CT molecular complexity index is 351. The van der Waals surface area contributed by atoms with E-state index in [0.717, 1.165) is 0 Å². The van der Waals surface area contributed by atoms with Crippen molar-refractivity contribution in [3.63, 3.8) is 0 Å². The van der Waals surface area contributed by atoms with Crippen LogP contribution in [0, 0.1) is 0 Å². The molecule has 0 fully saturated rings. The molecule has 0 saturated carbocycles. The van der Waals surface area contributed by atoms with E-state index in [4.69, 9.17) is 0 Å². The normalized spacial score (nSPS) is 8.48. The smallest absolute Gasteiger partial charge is 0.550 e. The summed E-state index contributed by atoms with van der Waals surface area (Å²) in [6.07, 6.45) is -1.96. The first kappa shape index (κ1) is 24.2. The third kappa shape index (κ3) is 23.6. The van der Waals surface area contributed by atoms with Crippen molar-refractivity contribution in [2.75, 3.05) is 0 Å². The Labute approximate surface area is 131 Å². The number of hydrogen-bond donors (Lipinski definition) is 0. The van der Waals surface area contributed by atoms with Gasteiger partial charge < -0.3 is 19.8 Å². The van der Waals surface area contributed by atoms with Crippen LogP contribution in [0.2, 0.25) is 0 Å². The minimum absolute atomic E-state index is 0. The maximum Gasteiger partial charge on any atom is 2.00 e. The zero-order valence-electron chi connectivity index (χ0n) is 11.4. The zero-order chi connectivity index (χ0) is 16.3. The summed E-state index contributed by atoms with van der Waals surface area (Å²) in [6, 6.07) is 0. The van der Waals surface area contributed by atoms with Gasteiger partial charge in [-0.3, -0.25) is 19.2 Å². The van der Waals surface area contributed by atoms with Gasteiger partial charge in [-0.2, -0.15) is 0 Å². The molecule has 0 heterocycles. The van der Waals surface area contributed by atoms with Crippen molar-refractivity contribution in [1.29, 1.82) is 0 Å². The predicted molar refractivity (Wildman–Crippen MR) is 59.9 cm³/mol. The number of carboxylic acid groups (broad SMARTS) is 2. The molecule has 0 aliphatic heterocycles. The van der Waals surface area contributed by atoms with Crippen molar-refractivity contribution in [2.45, 2.75) is 39.5 Å². The van der Waals surface area contributed by atoms with Gasteiger partial charge in [-0.25, -0.2) is 0 Å². The fraction of sp³-hybridized carbons (Fsp3) is 0.500. The van der Waals surface area contributed by atoms with Gasteiger partial charge in [-0.15, -0.1) is 0 Å². The van der Waals surface area contributed by atoms with Crippen molar-refractivity contribution in [3.8, 4) is 0 Å². The topological polar surface area (TPSA) is 149 Å². The molecule has 21 heavy (non-hydrogen) atoms. The van der Waals surface area contributed by atoms with Crippen LogP contribution < -0.4 is 10.2 Å². The molecule has 0 aliphatic rings. The third-order valence-corrected chi connectivity index (χ3v) is 1.58. The Hall–Kier alpha value is -1.87. The third-order valence-electron chi connectivity index (χ3n) is 1.58. The van der Waals surface area contributed by atoms with Crippen LogP contribution >= 0.6 is 0 Å².